The number of pyridine rings is 1. The van der Waals surface area contributed by atoms with Crippen LogP contribution < -0.4 is 15.1 Å². The Bertz CT molecular complexity index is 1390. The van der Waals surface area contributed by atoms with Crippen LogP contribution in [0, 0.1) is 27.7 Å². The number of para-hydroxylation sites is 1. The number of thiocarbonyl (C=S) groups is 1. The molecule has 6 heteroatoms. The molecule has 0 aliphatic carbocycles. The number of nitrogens with one attached hydrogen (secondary N) is 1. The second-order valence-corrected chi connectivity index (χ2v) is 10.2. The van der Waals surface area contributed by atoms with Crippen LogP contribution in [-0.4, -0.2) is 28.8 Å². The number of hydrogen-bond donors (Lipinski definition) is 1. The van der Waals surface area contributed by atoms with Gasteiger partial charge in [0.1, 0.15) is 0 Å². The second kappa shape index (κ2) is 9.43. The monoisotopic (exact) mass is 495 g/mol. The SMILES string of the molecule is Cc1cccc(C)c1-n1c(C)cc([C@@H]2[C@H](c3ccccn3)NC(=S)N2c2ccc(N(C)C)cc2)c1C. The summed E-state index contributed by atoms with van der Waals surface area (Å²) in [5, 5.41) is 4.31. The molecule has 2 atom stereocenters. The minimum atomic E-state index is -0.0702. The molecule has 0 amide bonds. The summed E-state index contributed by atoms with van der Waals surface area (Å²) in [6, 6.07) is 23.4. The van der Waals surface area contributed by atoms with E-state index in [2.05, 4.69) is 116 Å². The summed E-state index contributed by atoms with van der Waals surface area (Å²) in [5.74, 6) is 0. The summed E-state index contributed by atoms with van der Waals surface area (Å²) in [4.78, 5) is 9.08. The van der Waals surface area contributed by atoms with Gasteiger partial charge in [0.05, 0.1) is 23.5 Å². The van der Waals surface area contributed by atoms with Crippen molar-refractivity contribution in [3.63, 3.8) is 0 Å². The van der Waals surface area contributed by atoms with Crippen molar-refractivity contribution in [3.05, 3.63) is 107 Å². The van der Waals surface area contributed by atoms with Crippen molar-refractivity contribution in [1.82, 2.24) is 14.9 Å². The average molecular weight is 496 g/mol. The maximum Gasteiger partial charge on any atom is 0.174 e. The Hall–Kier alpha value is -3.64. The zero-order valence-corrected chi connectivity index (χ0v) is 22.6. The highest BCUT2D eigenvalue weighted by Gasteiger charge is 2.42. The number of hydrogen-bond acceptors (Lipinski definition) is 3. The van der Waals surface area contributed by atoms with Crippen LogP contribution in [0.5, 0.6) is 0 Å². The fourth-order valence-electron chi connectivity index (χ4n) is 5.45. The van der Waals surface area contributed by atoms with Crippen molar-refractivity contribution in [3.8, 4) is 5.69 Å². The maximum absolute atomic E-state index is 5.95. The van der Waals surface area contributed by atoms with E-state index in [4.69, 9.17) is 17.2 Å². The summed E-state index contributed by atoms with van der Waals surface area (Å²) in [6.07, 6.45) is 1.85. The minimum absolute atomic E-state index is 0.0399. The molecule has 0 spiro atoms. The molecule has 36 heavy (non-hydrogen) atoms. The van der Waals surface area contributed by atoms with Gasteiger partial charge in [0.15, 0.2) is 5.11 Å². The molecule has 2 aromatic carbocycles. The Morgan fingerprint density at radius 1 is 0.889 bits per heavy atom. The third kappa shape index (κ3) is 4.05. The van der Waals surface area contributed by atoms with Gasteiger partial charge in [-0.15, -0.1) is 0 Å². The van der Waals surface area contributed by atoms with Crippen molar-refractivity contribution in [2.45, 2.75) is 39.8 Å². The van der Waals surface area contributed by atoms with E-state index < -0.39 is 0 Å². The molecule has 1 aliphatic rings. The highest BCUT2D eigenvalue weighted by atomic mass is 32.1. The highest BCUT2D eigenvalue weighted by molar-refractivity contribution is 7.80. The molecule has 5 rings (SSSR count). The Labute approximate surface area is 219 Å². The lowest BCUT2D eigenvalue weighted by Crippen LogP contribution is -2.29. The molecular formula is C30H33N5S. The molecule has 0 saturated carbocycles. The summed E-state index contributed by atoms with van der Waals surface area (Å²) in [5.41, 5.74) is 10.7. The third-order valence-electron chi connectivity index (χ3n) is 7.19. The van der Waals surface area contributed by atoms with E-state index >= 15 is 0 Å². The van der Waals surface area contributed by atoms with E-state index in [1.165, 1.54) is 33.8 Å². The predicted octanol–water partition coefficient (Wildman–Crippen LogP) is 6.35. The smallest absolute Gasteiger partial charge is 0.174 e. The van der Waals surface area contributed by atoms with Gasteiger partial charge in [-0.05, 0) is 99.1 Å². The van der Waals surface area contributed by atoms with Crippen molar-refractivity contribution < 1.29 is 0 Å². The van der Waals surface area contributed by atoms with E-state index in [0.29, 0.717) is 5.11 Å². The van der Waals surface area contributed by atoms with E-state index in [1.54, 1.807) is 0 Å². The van der Waals surface area contributed by atoms with E-state index in [-0.39, 0.29) is 12.1 Å². The predicted molar refractivity (Wildman–Crippen MR) is 153 cm³/mol. The van der Waals surface area contributed by atoms with Crippen LogP contribution in [0.4, 0.5) is 11.4 Å². The molecule has 2 aromatic heterocycles. The topological polar surface area (TPSA) is 36.3 Å². The first-order chi connectivity index (χ1) is 17.3. The van der Waals surface area contributed by atoms with Crippen molar-refractivity contribution in [1.29, 1.82) is 0 Å². The molecular weight excluding hydrogens is 462 g/mol. The zero-order chi connectivity index (χ0) is 25.6. The molecule has 3 heterocycles. The maximum atomic E-state index is 5.95. The van der Waals surface area contributed by atoms with E-state index in [0.717, 1.165) is 17.1 Å². The highest BCUT2D eigenvalue weighted by Crippen LogP contribution is 2.44. The fraction of sp³-hybridized carbons (Fsp3) is 0.267. The average Bonchev–Trinajstić information content (AvgIpc) is 3.35. The Kier molecular flexibility index (Phi) is 6.31. The number of aryl methyl sites for hydroxylation is 3. The van der Waals surface area contributed by atoms with Gasteiger partial charge < -0.3 is 19.7 Å². The molecule has 1 N–H and O–H groups in total. The molecule has 0 unspecified atom stereocenters. The van der Waals surface area contributed by atoms with Gasteiger partial charge in [-0.2, -0.15) is 0 Å². The summed E-state index contributed by atoms with van der Waals surface area (Å²) in [6.45, 7) is 8.78. The van der Waals surface area contributed by atoms with Gasteiger partial charge in [0, 0.05) is 43.1 Å². The van der Waals surface area contributed by atoms with Gasteiger partial charge in [-0.1, -0.05) is 24.3 Å². The standard InChI is InChI=1S/C30H33N5S/c1-19-10-9-11-20(2)28(19)34-21(3)18-25(22(34)4)29-27(26-12-7-8-17-31-26)32-30(36)35(29)24-15-13-23(14-16-24)33(5)6/h7-18,27,29H,1-6H3,(H,32,36)/t27-,29+/m0/s1. The lowest BCUT2D eigenvalue weighted by molar-refractivity contribution is 0.565. The van der Waals surface area contributed by atoms with E-state index in [1.807, 2.05) is 18.3 Å². The van der Waals surface area contributed by atoms with Crippen LogP contribution in [0.25, 0.3) is 5.69 Å². The normalized spacial score (nSPS) is 17.4. The first-order valence-electron chi connectivity index (χ1n) is 12.3. The van der Waals surface area contributed by atoms with Crippen molar-refractivity contribution >= 4 is 28.7 Å². The molecule has 1 fully saturated rings. The van der Waals surface area contributed by atoms with Gasteiger partial charge in [0.2, 0.25) is 0 Å². The van der Waals surface area contributed by atoms with Crippen molar-refractivity contribution in [2.24, 2.45) is 0 Å². The number of benzene rings is 2. The summed E-state index contributed by atoms with van der Waals surface area (Å²) < 4.78 is 2.39. The first-order valence-corrected chi connectivity index (χ1v) is 12.7. The zero-order valence-electron chi connectivity index (χ0n) is 21.8. The van der Waals surface area contributed by atoms with Crippen LogP contribution in [0.15, 0.2) is 72.9 Å². The van der Waals surface area contributed by atoms with Gasteiger partial charge in [-0.3, -0.25) is 4.98 Å². The molecule has 4 aromatic rings. The Morgan fingerprint density at radius 3 is 2.19 bits per heavy atom. The van der Waals surface area contributed by atoms with Gasteiger partial charge >= 0.3 is 0 Å². The molecule has 1 aliphatic heterocycles. The molecule has 1 saturated heterocycles. The Morgan fingerprint density at radius 2 is 1.58 bits per heavy atom. The molecule has 0 bridgehead atoms. The summed E-state index contributed by atoms with van der Waals surface area (Å²) >= 11 is 5.95. The number of nitrogens with zero attached hydrogens (tertiary/aromatic N) is 4. The molecule has 5 nitrogen and oxygen atoms in total. The van der Waals surface area contributed by atoms with Crippen LogP contribution in [0.1, 0.15) is 45.9 Å². The first kappa shape index (κ1) is 24.1. The number of rotatable bonds is 5. The van der Waals surface area contributed by atoms with Gasteiger partial charge in [0.25, 0.3) is 0 Å². The number of anilines is 2. The van der Waals surface area contributed by atoms with Gasteiger partial charge in [-0.25, -0.2) is 0 Å². The third-order valence-corrected chi connectivity index (χ3v) is 7.51. The lowest BCUT2D eigenvalue weighted by atomic mass is 9.96. The second-order valence-electron chi connectivity index (χ2n) is 9.81. The Balaban J connectivity index is 1.68. The van der Waals surface area contributed by atoms with Crippen LogP contribution in [0.3, 0.4) is 0 Å². The lowest BCUT2D eigenvalue weighted by Gasteiger charge is -2.29. The van der Waals surface area contributed by atoms with Crippen LogP contribution in [-0.2, 0) is 0 Å². The van der Waals surface area contributed by atoms with Crippen LogP contribution >= 0.6 is 12.2 Å². The number of aromatic nitrogens is 2. The van der Waals surface area contributed by atoms with E-state index in [9.17, 15) is 0 Å². The summed E-state index contributed by atoms with van der Waals surface area (Å²) in [7, 11) is 4.11. The molecule has 0 radical (unpaired) electrons. The largest absolute Gasteiger partial charge is 0.378 e. The van der Waals surface area contributed by atoms with Crippen LogP contribution in [0.2, 0.25) is 0 Å². The quantitative estimate of drug-likeness (QED) is 0.327. The molecule has 184 valence electrons. The van der Waals surface area contributed by atoms with Crippen molar-refractivity contribution in [2.75, 3.05) is 23.9 Å². The fourth-order valence-corrected chi connectivity index (χ4v) is 5.80. The minimum Gasteiger partial charge on any atom is -0.378 e.